The SMILES string of the molecule is C=CCOC1C(=O)N(C)CC(=C)C1(C(=O)OCC)C(=O)OCC. The minimum Gasteiger partial charge on any atom is -0.465 e. The highest BCUT2D eigenvalue weighted by Gasteiger charge is 2.63. The highest BCUT2D eigenvalue weighted by Crippen LogP contribution is 2.40. The van der Waals surface area contributed by atoms with Crippen LogP contribution in [-0.4, -0.2) is 62.3 Å². The molecule has 7 heteroatoms. The quantitative estimate of drug-likeness (QED) is 0.389. The summed E-state index contributed by atoms with van der Waals surface area (Å²) in [5.74, 6) is -2.29. The van der Waals surface area contributed by atoms with E-state index in [1.54, 1.807) is 13.8 Å². The molecule has 0 saturated carbocycles. The first-order valence-electron chi connectivity index (χ1n) is 7.37. The third-order valence-corrected chi connectivity index (χ3v) is 3.56. The summed E-state index contributed by atoms with van der Waals surface area (Å²) in [5, 5.41) is 0. The molecule has 0 radical (unpaired) electrons. The van der Waals surface area contributed by atoms with Gasteiger partial charge in [-0.2, -0.15) is 0 Å². The molecule has 1 aliphatic heterocycles. The van der Waals surface area contributed by atoms with Crippen LogP contribution in [0, 0.1) is 5.41 Å². The molecular formula is C16H23NO6. The Bertz CT molecular complexity index is 481. The van der Waals surface area contributed by atoms with Gasteiger partial charge < -0.3 is 19.1 Å². The van der Waals surface area contributed by atoms with E-state index in [0.717, 1.165) is 0 Å². The monoisotopic (exact) mass is 325 g/mol. The normalized spacial score (nSPS) is 20.1. The number of carbonyl (C=O) groups excluding carboxylic acids is 3. The van der Waals surface area contributed by atoms with Crippen LogP contribution in [0.3, 0.4) is 0 Å². The number of esters is 2. The average molecular weight is 325 g/mol. The van der Waals surface area contributed by atoms with Gasteiger partial charge in [0.1, 0.15) is 0 Å². The number of rotatable bonds is 7. The zero-order valence-corrected chi connectivity index (χ0v) is 13.8. The van der Waals surface area contributed by atoms with Gasteiger partial charge in [0.25, 0.3) is 5.91 Å². The van der Waals surface area contributed by atoms with Crippen molar-refractivity contribution >= 4 is 17.8 Å². The Kier molecular flexibility index (Phi) is 6.50. The second-order valence-corrected chi connectivity index (χ2v) is 5.05. The molecule has 1 aliphatic rings. The molecule has 0 aromatic heterocycles. The van der Waals surface area contributed by atoms with Gasteiger partial charge in [-0.05, 0) is 19.4 Å². The molecule has 0 spiro atoms. The van der Waals surface area contributed by atoms with E-state index in [1.165, 1.54) is 18.0 Å². The van der Waals surface area contributed by atoms with Gasteiger partial charge in [-0.3, -0.25) is 14.4 Å². The van der Waals surface area contributed by atoms with Gasteiger partial charge in [0.2, 0.25) is 5.41 Å². The van der Waals surface area contributed by atoms with E-state index < -0.39 is 29.4 Å². The van der Waals surface area contributed by atoms with Crippen LogP contribution in [0.1, 0.15) is 13.8 Å². The molecule has 0 bridgehead atoms. The summed E-state index contributed by atoms with van der Waals surface area (Å²) in [5.41, 5.74) is -1.80. The van der Waals surface area contributed by atoms with Crippen LogP contribution in [0.15, 0.2) is 24.8 Å². The summed E-state index contributed by atoms with van der Waals surface area (Å²) in [4.78, 5) is 39.1. The molecule has 1 saturated heterocycles. The van der Waals surface area contributed by atoms with E-state index in [2.05, 4.69) is 13.2 Å². The number of ether oxygens (including phenoxy) is 3. The second-order valence-electron chi connectivity index (χ2n) is 5.05. The van der Waals surface area contributed by atoms with Crippen LogP contribution in [0.5, 0.6) is 0 Å². The van der Waals surface area contributed by atoms with Gasteiger partial charge in [-0.25, -0.2) is 0 Å². The van der Waals surface area contributed by atoms with Gasteiger partial charge in [-0.15, -0.1) is 6.58 Å². The highest BCUT2D eigenvalue weighted by molar-refractivity contribution is 6.10. The van der Waals surface area contributed by atoms with Crippen LogP contribution in [0.2, 0.25) is 0 Å². The van der Waals surface area contributed by atoms with Crippen molar-refractivity contribution in [3.8, 4) is 0 Å². The largest absolute Gasteiger partial charge is 0.465 e. The summed E-state index contributed by atoms with van der Waals surface area (Å²) in [6.07, 6.45) is 0.0240. The van der Waals surface area contributed by atoms with Gasteiger partial charge in [0.15, 0.2) is 6.10 Å². The number of hydrogen-bond acceptors (Lipinski definition) is 6. The Hall–Kier alpha value is -2.15. The summed E-state index contributed by atoms with van der Waals surface area (Å²) < 4.78 is 15.5. The van der Waals surface area contributed by atoms with Crippen LogP contribution in [-0.2, 0) is 28.6 Å². The lowest BCUT2D eigenvalue weighted by molar-refractivity contribution is -0.188. The fourth-order valence-corrected chi connectivity index (χ4v) is 2.50. The van der Waals surface area contributed by atoms with Crippen molar-refractivity contribution in [3.05, 3.63) is 24.8 Å². The van der Waals surface area contributed by atoms with Crippen molar-refractivity contribution in [2.24, 2.45) is 5.41 Å². The number of likely N-dealkylation sites (N-methyl/N-ethyl adjacent to an activating group) is 1. The van der Waals surface area contributed by atoms with Crippen molar-refractivity contribution in [2.75, 3.05) is 33.4 Å². The van der Waals surface area contributed by atoms with E-state index >= 15 is 0 Å². The fraction of sp³-hybridized carbons (Fsp3) is 0.562. The van der Waals surface area contributed by atoms with Crippen molar-refractivity contribution in [2.45, 2.75) is 20.0 Å². The van der Waals surface area contributed by atoms with Gasteiger partial charge in [-0.1, -0.05) is 12.7 Å². The highest BCUT2D eigenvalue weighted by atomic mass is 16.6. The summed E-state index contributed by atoms with van der Waals surface area (Å²) in [6, 6.07) is 0. The predicted octanol–water partition coefficient (Wildman–Crippen LogP) is 0.698. The van der Waals surface area contributed by atoms with Crippen molar-refractivity contribution < 1.29 is 28.6 Å². The molecule has 1 atom stereocenters. The predicted molar refractivity (Wildman–Crippen MR) is 82.4 cm³/mol. The lowest BCUT2D eigenvalue weighted by Gasteiger charge is -2.43. The summed E-state index contributed by atoms with van der Waals surface area (Å²) in [7, 11) is 1.54. The topological polar surface area (TPSA) is 82.1 Å². The Labute approximate surface area is 135 Å². The smallest absolute Gasteiger partial charge is 0.331 e. The number of amides is 1. The molecule has 7 nitrogen and oxygen atoms in total. The Morgan fingerprint density at radius 1 is 1.30 bits per heavy atom. The standard InChI is InChI=1S/C16H23NO6/c1-6-9-23-12-13(18)17(5)10-11(4)16(12,14(19)21-7-2)15(20)22-8-3/h6,12H,1,4,7-10H2,2-3,5H3. The third kappa shape index (κ3) is 3.29. The number of likely N-dealkylation sites (tertiary alicyclic amines) is 1. The minimum atomic E-state index is -2.00. The molecule has 128 valence electrons. The summed E-state index contributed by atoms with van der Waals surface area (Å²) in [6.45, 7) is 10.7. The fourth-order valence-electron chi connectivity index (χ4n) is 2.50. The molecule has 1 amide bonds. The number of hydrogen-bond donors (Lipinski definition) is 0. The Morgan fingerprint density at radius 2 is 1.83 bits per heavy atom. The van der Waals surface area contributed by atoms with E-state index in [9.17, 15) is 14.4 Å². The molecular weight excluding hydrogens is 302 g/mol. The van der Waals surface area contributed by atoms with Crippen molar-refractivity contribution in [3.63, 3.8) is 0 Å². The molecule has 1 rings (SSSR count). The van der Waals surface area contributed by atoms with Crippen LogP contribution in [0.4, 0.5) is 0 Å². The van der Waals surface area contributed by atoms with Crippen LogP contribution in [0.25, 0.3) is 0 Å². The van der Waals surface area contributed by atoms with Crippen molar-refractivity contribution in [1.29, 1.82) is 0 Å². The first-order chi connectivity index (χ1) is 10.9. The first-order valence-corrected chi connectivity index (χ1v) is 7.37. The zero-order chi connectivity index (χ0) is 17.6. The Balaban J connectivity index is 3.46. The van der Waals surface area contributed by atoms with Crippen LogP contribution >= 0.6 is 0 Å². The number of carbonyl (C=O) groups is 3. The molecule has 0 N–H and O–H groups in total. The van der Waals surface area contributed by atoms with E-state index in [1.807, 2.05) is 0 Å². The number of nitrogens with zero attached hydrogens (tertiary/aromatic N) is 1. The molecule has 1 heterocycles. The van der Waals surface area contributed by atoms with E-state index in [-0.39, 0.29) is 31.9 Å². The molecule has 1 unspecified atom stereocenters. The summed E-state index contributed by atoms with van der Waals surface area (Å²) >= 11 is 0. The molecule has 1 fully saturated rings. The third-order valence-electron chi connectivity index (χ3n) is 3.56. The van der Waals surface area contributed by atoms with Crippen LogP contribution < -0.4 is 0 Å². The Morgan fingerprint density at radius 3 is 2.26 bits per heavy atom. The maximum atomic E-state index is 12.6. The maximum absolute atomic E-state index is 12.6. The molecule has 0 aromatic carbocycles. The van der Waals surface area contributed by atoms with Gasteiger partial charge in [0, 0.05) is 13.6 Å². The average Bonchev–Trinajstić information content (AvgIpc) is 2.49. The number of piperidine rings is 1. The van der Waals surface area contributed by atoms with Crippen molar-refractivity contribution in [1.82, 2.24) is 4.90 Å². The second kappa shape index (κ2) is 7.92. The minimum absolute atomic E-state index is 0.0158. The molecule has 0 aromatic rings. The lowest BCUT2D eigenvalue weighted by atomic mass is 9.72. The van der Waals surface area contributed by atoms with Gasteiger partial charge in [0.05, 0.1) is 19.8 Å². The zero-order valence-electron chi connectivity index (χ0n) is 13.8. The maximum Gasteiger partial charge on any atom is 0.331 e. The molecule has 0 aliphatic carbocycles. The van der Waals surface area contributed by atoms with E-state index in [4.69, 9.17) is 14.2 Å². The lowest BCUT2D eigenvalue weighted by Crippen LogP contribution is -2.63. The van der Waals surface area contributed by atoms with E-state index in [0.29, 0.717) is 0 Å². The molecule has 23 heavy (non-hydrogen) atoms. The van der Waals surface area contributed by atoms with Gasteiger partial charge >= 0.3 is 11.9 Å². The first kappa shape index (κ1) is 18.9.